The van der Waals surface area contributed by atoms with Gasteiger partial charge in [-0.05, 0) is 23.3 Å². The lowest BCUT2D eigenvalue weighted by molar-refractivity contribution is -0.139. The number of primary amides is 1. The molecule has 160 valence electrons. The van der Waals surface area contributed by atoms with Crippen LogP contribution in [0.2, 0.25) is 0 Å². The Morgan fingerprint density at radius 1 is 1.34 bits per heavy atom. The number of hydroxylamine groups is 3. The van der Waals surface area contributed by atoms with Crippen molar-refractivity contribution in [2.24, 2.45) is 5.73 Å². The minimum absolute atomic E-state index is 0.0379. The maximum absolute atomic E-state index is 12.3. The van der Waals surface area contributed by atoms with Crippen molar-refractivity contribution in [1.29, 1.82) is 0 Å². The second-order valence-electron chi connectivity index (χ2n) is 6.29. The van der Waals surface area contributed by atoms with Gasteiger partial charge in [0.05, 0.1) is 25.6 Å². The molecule has 0 radical (unpaired) electrons. The molecule has 2 aliphatic heterocycles. The molecule has 2 saturated heterocycles. The first-order valence-corrected chi connectivity index (χ1v) is 9.74. The topological polar surface area (TPSA) is 212 Å². The second-order valence-corrected chi connectivity index (χ2v) is 7.29. The lowest BCUT2D eigenvalue weighted by Gasteiger charge is -2.28. The van der Waals surface area contributed by atoms with Crippen molar-refractivity contribution in [3.05, 3.63) is 5.82 Å². The van der Waals surface area contributed by atoms with Crippen LogP contribution in [-0.2, 0) is 42.1 Å². The summed E-state index contributed by atoms with van der Waals surface area (Å²) in [6, 6.07) is -2.35. The fraction of sp³-hybridized carbons (Fsp3) is 0.667. The van der Waals surface area contributed by atoms with Crippen molar-refractivity contribution >= 4 is 28.2 Å². The van der Waals surface area contributed by atoms with E-state index < -0.39 is 40.3 Å². The highest BCUT2D eigenvalue weighted by atomic mass is 32.3. The average molecular weight is 434 g/mol. The first kappa shape index (κ1) is 20.8. The smallest absolute Gasteiger partial charge is 0.369 e. The van der Waals surface area contributed by atoms with Crippen LogP contribution in [0.4, 0.5) is 4.79 Å². The Hall–Kier alpha value is -2.89. The molecule has 2 bridgehead atoms. The number of urea groups is 1. The van der Waals surface area contributed by atoms with Crippen LogP contribution in [0.25, 0.3) is 0 Å². The number of nitrogens with two attached hydrogens (primary N) is 1. The molecular formula is C12H18N8O8S. The summed E-state index contributed by atoms with van der Waals surface area (Å²) >= 11 is 0. The quantitative estimate of drug-likeness (QED) is 0.199. The lowest BCUT2D eigenvalue weighted by Crippen LogP contribution is -2.49. The predicted molar refractivity (Wildman–Crippen MR) is 88.2 cm³/mol. The summed E-state index contributed by atoms with van der Waals surface area (Å²) in [6.45, 7) is 0.151. The Bertz CT molecular complexity index is 903. The number of aromatic nitrogens is 4. The number of carbonyl (C=O) groups excluding carboxylic acids is 3. The Balaban J connectivity index is 1.49. The van der Waals surface area contributed by atoms with Crippen LogP contribution in [0, 0.1) is 0 Å². The van der Waals surface area contributed by atoms with Gasteiger partial charge in [-0.25, -0.2) is 15.0 Å². The number of nitrogens with zero attached hydrogens (tertiary/aromatic N) is 6. The molecule has 16 nitrogen and oxygen atoms in total. The molecule has 0 spiro atoms. The number of fused-ring (bicyclic) bond motifs is 2. The largest absolute Gasteiger partial charge is 0.418 e. The number of nitrogens with one attached hydrogen (secondary N) is 1. The molecule has 1 aromatic rings. The lowest BCUT2D eigenvalue weighted by atomic mass is 10.0. The van der Waals surface area contributed by atoms with Crippen molar-refractivity contribution in [2.45, 2.75) is 37.9 Å². The van der Waals surface area contributed by atoms with E-state index in [1.165, 1.54) is 4.68 Å². The van der Waals surface area contributed by atoms with E-state index in [2.05, 4.69) is 25.3 Å². The summed E-state index contributed by atoms with van der Waals surface area (Å²) in [5.41, 5.74) is 7.29. The van der Waals surface area contributed by atoms with E-state index in [0.717, 1.165) is 4.90 Å². The van der Waals surface area contributed by atoms with Crippen LogP contribution < -0.4 is 11.2 Å². The highest BCUT2D eigenvalue weighted by Gasteiger charge is 2.49. The van der Waals surface area contributed by atoms with Crippen molar-refractivity contribution in [2.75, 3.05) is 13.2 Å². The second kappa shape index (κ2) is 8.23. The molecule has 3 rings (SSSR count). The van der Waals surface area contributed by atoms with Crippen LogP contribution in [-0.4, -0.2) is 86.2 Å². The molecule has 0 aliphatic carbocycles. The third-order valence-electron chi connectivity index (χ3n) is 4.32. The average Bonchev–Trinajstić information content (AvgIpc) is 3.15. The third-order valence-corrected chi connectivity index (χ3v) is 4.67. The van der Waals surface area contributed by atoms with E-state index >= 15 is 0 Å². The van der Waals surface area contributed by atoms with Gasteiger partial charge in [-0.15, -0.1) is 9.38 Å². The summed E-state index contributed by atoms with van der Waals surface area (Å²) < 4.78 is 36.1. The molecule has 2 aliphatic rings. The minimum Gasteiger partial charge on any atom is -0.369 e. The van der Waals surface area contributed by atoms with E-state index in [4.69, 9.17) is 15.1 Å². The van der Waals surface area contributed by atoms with Gasteiger partial charge >= 0.3 is 16.4 Å². The molecule has 17 heteroatoms. The minimum atomic E-state index is -4.86. The number of hydrogen-bond donors (Lipinski definition) is 3. The van der Waals surface area contributed by atoms with Gasteiger partial charge in [0, 0.05) is 6.54 Å². The normalized spacial score (nSPS) is 21.5. The van der Waals surface area contributed by atoms with Crippen molar-refractivity contribution in [1.82, 2.24) is 35.7 Å². The zero-order chi connectivity index (χ0) is 21.2. The highest BCUT2D eigenvalue weighted by molar-refractivity contribution is 7.80. The monoisotopic (exact) mass is 434 g/mol. The fourth-order valence-corrected chi connectivity index (χ4v) is 3.49. The molecule has 4 amide bonds. The molecule has 0 unspecified atom stereocenters. The van der Waals surface area contributed by atoms with E-state index in [9.17, 15) is 22.8 Å². The van der Waals surface area contributed by atoms with Gasteiger partial charge in [0.15, 0.2) is 5.82 Å². The predicted octanol–water partition coefficient (Wildman–Crippen LogP) is -3.25. The zero-order valence-electron chi connectivity index (χ0n) is 14.9. The number of hydrogen-bond acceptors (Lipinski definition) is 10. The van der Waals surface area contributed by atoms with Gasteiger partial charge in [-0.2, -0.15) is 13.5 Å². The highest BCUT2D eigenvalue weighted by Crippen LogP contribution is 2.30. The van der Waals surface area contributed by atoms with Gasteiger partial charge in [0.2, 0.25) is 5.91 Å². The molecule has 2 fully saturated rings. The van der Waals surface area contributed by atoms with Crippen LogP contribution in [0.5, 0.6) is 0 Å². The standard InChI is InChI=1S/C12H18N8O8S/c13-9(21)5-10-14-16-17-19(10)3-4-27-15-11(22)8-2-1-7-6-18(8)12(23)20(7)28-29(24,25)26/h7-8H,1-6H2,(H2,13,21)(H,15,22)(H,24,25,26)/t7-,8+/m1/s1. The molecule has 4 N–H and O–H groups in total. The summed E-state index contributed by atoms with van der Waals surface area (Å²) in [5, 5.41) is 11.3. The molecule has 3 heterocycles. The van der Waals surface area contributed by atoms with Crippen molar-refractivity contribution < 1.29 is 36.5 Å². The Labute approximate surface area is 163 Å². The first-order valence-electron chi connectivity index (χ1n) is 8.37. The van der Waals surface area contributed by atoms with Gasteiger partial charge < -0.3 is 10.6 Å². The molecular weight excluding hydrogens is 416 g/mol. The van der Waals surface area contributed by atoms with Gasteiger partial charge in [-0.3, -0.25) is 19.0 Å². The summed E-state index contributed by atoms with van der Waals surface area (Å²) in [5.74, 6) is -0.972. The van der Waals surface area contributed by atoms with E-state index in [0.29, 0.717) is 5.06 Å². The SMILES string of the molecule is NC(=O)Cc1nnnn1CCONC(=O)[C@@H]1CC[C@@H]2CN1C(=O)N2OS(=O)(=O)O. The molecule has 1 aromatic heterocycles. The number of piperidine rings is 1. The molecule has 2 atom stereocenters. The number of carbonyl (C=O) groups is 3. The Morgan fingerprint density at radius 3 is 2.79 bits per heavy atom. The molecule has 0 saturated carbocycles. The van der Waals surface area contributed by atoms with E-state index in [-0.39, 0.29) is 44.8 Å². The Morgan fingerprint density at radius 2 is 2.10 bits per heavy atom. The molecule has 29 heavy (non-hydrogen) atoms. The maximum Gasteiger partial charge on any atom is 0.418 e. The van der Waals surface area contributed by atoms with Crippen LogP contribution in [0.15, 0.2) is 0 Å². The van der Waals surface area contributed by atoms with Crippen LogP contribution in [0.3, 0.4) is 0 Å². The van der Waals surface area contributed by atoms with E-state index in [1.807, 2.05) is 0 Å². The summed E-state index contributed by atoms with van der Waals surface area (Å²) in [7, 11) is -4.86. The van der Waals surface area contributed by atoms with Gasteiger partial charge in [0.25, 0.3) is 5.91 Å². The van der Waals surface area contributed by atoms with E-state index in [1.54, 1.807) is 0 Å². The number of amides is 4. The number of tetrazole rings is 1. The molecule has 0 aromatic carbocycles. The Kier molecular flexibility index (Phi) is 5.91. The van der Waals surface area contributed by atoms with Crippen LogP contribution in [0.1, 0.15) is 18.7 Å². The fourth-order valence-electron chi connectivity index (χ4n) is 3.11. The number of rotatable bonds is 9. The van der Waals surface area contributed by atoms with Gasteiger partial charge in [-0.1, -0.05) is 0 Å². The maximum atomic E-state index is 12.3. The zero-order valence-corrected chi connectivity index (χ0v) is 15.7. The summed E-state index contributed by atoms with van der Waals surface area (Å²) in [6.07, 6.45) is 0.380. The van der Waals surface area contributed by atoms with Crippen molar-refractivity contribution in [3.63, 3.8) is 0 Å². The summed E-state index contributed by atoms with van der Waals surface area (Å²) in [4.78, 5) is 41.7. The first-order chi connectivity index (χ1) is 13.7. The van der Waals surface area contributed by atoms with Crippen LogP contribution >= 0.6 is 0 Å². The van der Waals surface area contributed by atoms with Gasteiger partial charge in [0.1, 0.15) is 6.04 Å². The van der Waals surface area contributed by atoms with Crippen molar-refractivity contribution in [3.8, 4) is 0 Å². The third kappa shape index (κ3) is 4.94.